The number of hydrogen-bond donors (Lipinski definition) is 1. The molecule has 4 rings (SSSR count). The Morgan fingerprint density at radius 1 is 0.871 bits per heavy atom. The maximum atomic E-state index is 12.7. The van der Waals surface area contributed by atoms with Crippen LogP contribution in [0.25, 0.3) is 0 Å². The van der Waals surface area contributed by atoms with E-state index in [1.54, 1.807) is 36.3 Å². The second-order valence-electron chi connectivity index (χ2n) is 7.04. The van der Waals surface area contributed by atoms with Crippen molar-refractivity contribution < 1.29 is 19.1 Å². The summed E-state index contributed by atoms with van der Waals surface area (Å²) >= 11 is 0. The van der Waals surface area contributed by atoms with Crippen molar-refractivity contribution >= 4 is 23.3 Å². The first kappa shape index (κ1) is 20.3. The number of carbonyl (C=O) groups is 2. The van der Waals surface area contributed by atoms with Crippen molar-refractivity contribution in [2.24, 2.45) is 0 Å². The molecule has 0 radical (unpaired) electrons. The Morgan fingerprint density at radius 3 is 2.19 bits per heavy atom. The Bertz CT molecular complexity index is 1040. The summed E-state index contributed by atoms with van der Waals surface area (Å²) < 4.78 is 10.9. The average molecular weight is 417 g/mol. The van der Waals surface area contributed by atoms with E-state index in [0.29, 0.717) is 24.5 Å². The van der Waals surface area contributed by atoms with Gasteiger partial charge in [-0.25, -0.2) is 4.79 Å². The molecule has 31 heavy (non-hydrogen) atoms. The fourth-order valence-corrected chi connectivity index (χ4v) is 3.34. The van der Waals surface area contributed by atoms with E-state index in [1.807, 2.05) is 54.6 Å². The number of para-hydroxylation sites is 1. The minimum absolute atomic E-state index is 0.00620. The highest BCUT2D eigenvalue weighted by molar-refractivity contribution is 5.99. The van der Waals surface area contributed by atoms with Crippen molar-refractivity contribution in [2.45, 2.75) is 0 Å². The molecule has 7 nitrogen and oxygen atoms in total. The largest absolute Gasteiger partial charge is 0.497 e. The summed E-state index contributed by atoms with van der Waals surface area (Å²) in [6.07, 6.45) is 0. The lowest BCUT2D eigenvalue weighted by atomic mass is 10.3. The summed E-state index contributed by atoms with van der Waals surface area (Å²) in [5.41, 5.74) is 1.42. The van der Waals surface area contributed by atoms with Crippen LogP contribution in [-0.4, -0.2) is 43.6 Å². The molecule has 0 bridgehead atoms. The predicted molar refractivity (Wildman–Crippen MR) is 119 cm³/mol. The number of nitrogens with zero attached hydrogens (tertiary/aromatic N) is 2. The summed E-state index contributed by atoms with van der Waals surface area (Å²) in [6, 6.07) is 23.7. The normalized spacial score (nSPS) is 13.3. The van der Waals surface area contributed by atoms with Gasteiger partial charge in [-0.05, 0) is 60.7 Å². The molecule has 0 unspecified atom stereocenters. The van der Waals surface area contributed by atoms with E-state index in [0.717, 1.165) is 17.2 Å². The number of benzene rings is 3. The molecular weight excluding hydrogens is 394 g/mol. The van der Waals surface area contributed by atoms with Gasteiger partial charge in [0.2, 0.25) is 5.91 Å². The quantitative estimate of drug-likeness (QED) is 0.620. The van der Waals surface area contributed by atoms with Crippen LogP contribution in [-0.2, 0) is 4.79 Å². The lowest BCUT2D eigenvalue weighted by molar-refractivity contribution is -0.116. The van der Waals surface area contributed by atoms with Crippen LogP contribution >= 0.6 is 0 Å². The van der Waals surface area contributed by atoms with Crippen LogP contribution in [0.1, 0.15) is 0 Å². The van der Waals surface area contributed by atoms with Gasteiger partial charge in [-0.15, -0.1) is 0 Å². The smallest absolute Gasteiger partial charge is 0.325 e. The van der Waals surface area contributed by atoms with E-state index in [4.69, 9.17) is 9.47 Å². The van der Waals surface area contributed by atoms with E-state index in [1.165, 1.54) is 4.90 Å². The van der Waals surface area contributed by atoms with E-state index >= 15 is 0 Å². The van der Waals surface area contributed by atoms with Gasteiger partial charge < -0.3 is 19.7 Å². The number of nitrogens with one attached hydrogen (secondary N) is 1. The van der Waals surface area contributed by atoms with Gasteiger partial charge in [0.15, 0.2) is 0 Å². The minimum atomic E-state index is -0.248. The Kier molecular flexibility index (Phi) is 6.03. The van der Waals surface area contributed by atoms with Gasteiger partial charge in [0.05, 0.1) is 7.11 Å². The molecule has 1 saturated heterocycles. The molecule has 7 heteroatoms. The van der Waals surface area contributed by atoms with Crippen LogP contribution < -0.4 is 19.7 Å². The highest BCUT2D eigenvalue weighted by Gasteiger charge is 2.30. The number of hydrogen-bond acceptors (Lipinski definition) is 4. The van der Waals surface area contributed by atoms with E-state index in [2.05, 4.69) is 5.32 Å². The summed E-state index contributed by atoms with van der Waals surface area (Å²) in [7, 11) is 1.60. The number of rotatable bonds is 7. The summed E-state index contributed by atoms with van der Waals surface area (Å²) in [5, 5.41) is 2.83. The second kappa shape index (κ2) is 9.21. The van der Waals surface area contributed by atoms with Crippen LogP contribution in [0.4, 0.5) is 16.2 Å². The third-order valence-electron chi connectivity index (χ3n) is 4.93. The monoisotopic (exact) mass is 417 g/mol. The van der Waals surface area contributed by atoms with Crippen LogP contribution in [0.5, 0.6) is 17.2 Å². The Balaban J connectivity index is 1.31. The van der Waals surface area contributed by atoms with Crippen molar-refractivity contribution in [3.8, 4) is 17.2 Å². The lowest BCUT2D eigenvalue weighted by Crippen LogP contribution is -2.37. The third-order valence-corrected chi connectivity index (χ3v) is 4.93. The predicted octanol–water partition coefficient (Wildman–Crippen LogP) is 4.37. The molecule has 3 aromatic carbocycles. The molecule has 158 valence electrons. The van der Waals surface area contributed by atoms with Crippen molar-refractivity contribution in [3.05, 3.63) is 78.9 Å². The fraction of sp³-hybridized carbons (Fsp3) is 0.167. The van der Waals surface area contributed by atoms with Gasteiger partial charge in [0, 0.05) is 24.5 Å². The molecule has 1 fully saturated rings. The highest BCUT2D eigenvalue weighted by Crippen LogP contribution is 2.24. The zero-order valence-corrected chi connectivity index (χ0v) is 17.2. The number of carbonyl (C=O) groups excluding carboxylic acids is 2. The maximum Gasteiger partial charge on any atom is 0.325 e. The molecule has 1 N–H and O–H groups in total. The zero-order valence-electron chi connectivity index (χ0n) is 17.2. The SMILES string of the molecule is COc1ccc(N2CCN(CC(=O)Nc3ccc(Oc4ccccc4)cc3)C2=O)cc1. The number of methoxy groups -OCH3 is 1. The van der Waals surface area contributed by atoms with Crippen LogP contribution in [0.15, 0.2) is 78.9 Å². The van der Waals surface area contributed by atoms with Crippen LogP contribution in [0, 0.1) is 0 Å². The van der Waals surface area contributed by atoms with Crippen LogP contribution in [0.3, 0.4) is 0 Å². The van der Waals surface area contributed by atoms with Gasteiger partial charge >= 0.3 is 6.03 Å². The topological polar surface area (TPSA) is 71.1 Å². The summed E-state index contributed by atoms with van der Waals surface area (Å²) in [6.45, 7) is 1.01. The minimum Gasteiger partial charge on any atom is -0.497 e. The van der Waals surface area contributed by atoms with Crippen molar-refractivity contribution in [3.63, 3.8) is 0 Å². The molecular formula is C24H23N3O4. The summed E-state index contributed by atoms with van der Waals surface area (Å²) in [5.74, 6) is 1.90. The molecule has 0 aliphatic carbocycles. The molecule has 0 spiro atoms. The molecule has 3 aromatic rings. The lowest BCUT2D eigenvalue weighted by Gasteiger charge is -2.18. The van der Waals surface area contributed by atoms with Gasteiger partial charge in [-0.1, -0.05) is 18.2 Å². The highest BCUT2D eigenvalue weighted by atomic mass is 16.5. The van der Waals surface area contributed by atoms with Crippen molar-refractivity contribution in [1.82, 2.24) is 4.90 Å². The Labute approximate surface area is 180 Å². The van der Waals surface area contributed by atoms with E-state index in [9.17, 15) is 9.59 Å². The fourth-order valence-electron chi connectivity index (χ4n) is 3.34. The number of ether oxygens (including phenoxy) is 2. The number of anilines is 2. The average Bonchev–Trinajstić information content (AvgIpc) is 3.16. The molecule has 0 saturated carbocycles. The molecule has 1 aliphatic heterocycles. The molecule has 1 heterocycles. The maximum absolute atomic E-state index is 12.7. The van der Waals surface area contributed by atoms with E-state index < -0.39 is 0 Å². The molecule has 1 aliphatic rings. The molecule has 0 atom stereocenters. The van der Waals surface area contributed by atoms with Gasteiger partial charge in [0.25, 0.3) is 0 Å². The first-order chi connectivity index (χ1) is 15.1. The first-order valence-electron chi connectivity index (χ1n) is 9.96. The molecule has 0 aromatic heterocycles. The zero-order chi connectivity index (χ0) is 21.6. The van der Waals surface area contributed by atoms with Crippen LogP contribution in [0.2, 0.25) is 0 Å². The van der Waals surface area contributed by atoms with Gasteiger partial charge in [-0.2, -0.15) is 0 Å². The number of urea groups is 1. The number of amides is 3. The molecule has 3 amide bonds. The van der Waals surface area contributed by atoms with Crippen molar-refractivity contribution in [2.75, 3.05) is 37.0 Å². The second-order valence-corrected chi connectivity index (χ2v) is 7.04. The first-order valence-corrected chi connectivity index (χ1v) is 9.96. The standard InChI is InChI=1S/C24H23N3O4/c1-30-20-13-9-19(10-14-20)27-16-15-26(24(27)29)17-23(28)25-18-7-11-22(12-8-18)31-21-5-3-2-4-6-21/h2-14H,15-17H2,1H3,(H,25,28). The Hall–Kier alpha value is -4.00. The third kappa shape index (κ3) is 4.95. The van der Waals surface area contributed by atoms with Gasteiger partial charge in [0.1, 0.15) is 23.8 Å². The van der Waals surface area contributed by atoms with E-state index in [-0.39, 0.29) is 18.5 Å². The van der Waals surface area contributed by atoms with Gasteiger partial charge in [-0.3, -0.25) is 9.69 Å². The Morgan fingerprint density at radius 2 is 1.52 bits per heavy atom. The van der Waals surface area contributed by atoms with Crippen molar-refractivity contribution in [1.29, 1.82) is 0 Å². The summed E-state index contributed by atoms with van der Waals surface area (Å²) in [4.78, 5) is 28.3.